The average molecular weight is 320 g/mol. The van der Waals surface area contributed by atoms with Gasteiger partial charge in [-0.15, -0.1) is 0 Å². The van der Waals surface area contributed by atoms with Gasteiger partial charge < -0.3 is 15.7 Å². The third-order valence-corrected chi connectivity index (χ3v) is 3.03. The fourth-order valence-electron chi connectivity index (χ4n) is 1.31. The summed E-state index contributed by atoms with van der Waals surface area (Å²) in [7, 11) is -4.32. The van der Waals surface area contributed by atoms with Crippen molar-refractivity contribution in [3.8, 4) is 0 Å². The van der Waals surface area contributed by atoms with Crippen molar-refractivity contribution in [1.29, 1.82) is 0 Å². The van der Waals surface area contributed by atoms with E-state index in [2.05, 4.69) is 9.89 Å². The molecule has 9 nitrogen and oxygen atoms in total. The Morgan fingerprint density at radius 1 is 1.52 bits per heavy atom. The van der Waals surface area contributed by atoms with Crippen molar-refractivity contribution in [3.63, 3.8) is 0 Å². The smallest absolute Gasteiger partial charge is 0.422 e. The number of halogens is 1. The van der Waals surface area contributed by atoms with Crippen LogP contribution in [0.2, 0.25) is 0 Å². The molecular formula is C10H13FN4O5S. The quantitative estimate of drug-likeness (QED) is 0.266. The molecule has 11 heteroatoms. The Morgan fingerprint density at radius 2 is 2.19 bits per heavy atom. The lowest BCUT2D eigenvalue weighted by Gasteiger charge is -2.12. The normalized spacial score (nSPS) is 11.8. The Hall–Kier alpha value is -2.56. The first kappa shape index (κ1) is 16.5. The van der Waals surface area contributed by atoms with Crippen molar-refractivity contribution in [2.24, 2.45) is 10.9 Å². The minimum Gasteiger partial charge on any atom is -0.449 e. The molecule has 116 valence electrons. The maximum atomic E-state index is 13.1. The van der Waals surface area contributed by atoms with Crippen molar-refractivity contribution in [2.45, 2.75) is 6.92 Å². The Labute approximate surface area is 119 Å². The Morgan fingerprint density at radius 3 is 2.76 bits per heavy atom. The van der Waals surface area contributed by atoms with Crippen LogP contribution >= 0.6 is 0 Å². The maximum absolute atomic E-state index is 13.1. The molecule has 0 aliphatic rings. The molecule has 21 heavy (non-hydrogen) atoms. The number of oxime groups is 1. The molecular weight excluding hydrogens is 307 g/mol. The number of carbonyl (C=O) groups excluding carboxylic acids is 1. The number of nitrogens with zero attached hydrogens (tertiary/aromatic N) is 1. The van der Waals surface area contributed by atoms with E-state index in [-0.39, 0.29) is 17.9 Å². The first-order valence-electron chi connectivity index (χ1n) is 5.53. The van der Waals surface area contributed by atoms with Gasteiger partial charge in [-0.3, -0.25) is 4.72 Å². The number of amides is 1. The molecule has 0 aromatic heterocycles. The first-order chi connectivity index (χ1) is 9.79. The number of ether oxygens (including phenoxy) is 1. The van der Waals surface area contributed by atoms with E-state index in [9.17, 15) is 17.6 Å². The van der Waals surface area contributed by atoms with Crippen LogP contribution in [0.5, 0.6) is 0 Å². The van der Waals surface area contributed by atoms with Crippen LogP contribution in [-0.2, 0) is 14.9 Å². The molecule has 0 aliphatic heterocycles. The van der Waals surface area contributed by atoms with Crippen LogP contribution in [-0.4, -0.2) is 32.2 Å². The number of hydrogen-bond donors (Lipinski definition) is 4. The summed E-state index contributed by atoms with van der Waals surface area (Å²) in [5.74, 6) is -1.23. The zero-order valence-corrected chi connectivity index (χ0v) is 11.6. The lowest BCUT2D eigenvalue weighted by atomic mass is 10.1. The summed E-state index contributed by atoms with van der Waals surface area (Å²) in [6.07, 6.45) is -1.18. The van der Waals surface area contributed by atoms with Gasteiger partial charge in [-0.25, -0.2) is 13.9 Å². The number of amidine groups is 1. The van der Waals surface area contributed by atoms with Gasteiger partial charge in [0, 0.05) is 5.56 Å². The fourth-order valence-corrected chi connectivity index (χ4v) is 2.11. The topological polar surface area (TPSA) is 143 Å². The van der Waals surface area contributed by atoms with E-state index in [4.69, 9.17) is 10.9 Å². The third kappa shape index (κ3) is 4.80. The molecule has 0 unspecified atom stereocenters. The molecule has 1 aromatic rings. The van der Waals surface area contributed by atoms with Gasteiger partial charge in [0.2, 0.25) is 0 Å². The highest BCUT2D eigenvalue weighted by atomic mass is 32.2. The first-order valence-corrected chi connectivity index (χ1v) is 7.02. The predicted octanol–water partition coefficient (Wildman–Crippen LogP) is 0.323. The minimum atomic E-state index is -4.32. The zero-order valence-electron chi connectivity index (χ0n) is 10.8. The van der Waals surface area contributed by atoms with E-state index in [0.29, 0.717) is 0 Å². The maximum Gasteiger partial charge on any atom is 0.422 e. The second-order valence-corrected chi connectivity index (χ2v) is 5.02. The van der Waals surface area contributed by atoms with Crippen LogP contribution in [0.3, 0.4) is 0 Å². The number of carbonyl (C=O) groups is 1. The highest BCUT2D eigenvalue weighted by Crippen LogP contribution is 2.18. The number of nitrogens with two attached hydrogens (primary N) is 1. The lowest BCUT2D eigenvalue weighted by Crippen LogP contribution is -2.36. The highest BCUT2D eigenvalue weighted by molar-refractivity contribution is 7.91. The van der Waals surface area contributed by atoms with E-state index in [1.54, 1.807) is 4.72 Å². The summed E-state index contributed by atoms with van der Waals surface area (Å²) >= 11 is 0. The molecule has 0 radical (unpaired) electrons. The molecule has 1 aromatic carbocycles. The molecule has 0 aliphatic carbocycles. The number of rotatable bonds is 5. The van der Waals surface area contributed by atoms with Gasteiger partial charge in [-0.1, -0.05) is 5.16 Å². The molecule has 0 saturated heterocycles. The number of benzene rings is 1. The van der Waals surface area contributed by atoms with Crippen molar-refractivity contribution in [1.82, 2.24) is 4.72 Å². The molecule has 0 saturated carbocycles. The molecule has 0 bridgehead atoms. The summed E-state index contributed by atoms with van der Waals surface area (Å²) in [5, 5.41) is 11.3. The van der Waals surface area contributed by atoms with E-state index in [0.717, 1.165) is 18.2 Å². The van der Waals surface area contributed by atoms with Gasteiger partial charge in [0.05, 0.1) is 12.3 Å². The van der Waals surface area contributed by atoms with Gasteiger partial charge in [-0.05, 0) is 25.1 Å². The van der Waals surface area contributed by atoms with Gasteiger partial charge in [0.1, 0.15) is 5.82 Å². The van der Waals surface area contributed by atoms with E-state index in [1.807, 2.05) is 4.72 Å². The summed E-state index contributed by atoms with van der Waals surface area (Å²) in [4.78, 5) is 11.1. The van der Waals surface area contributed by atoms with Crippen LogP contribution in [0.15, 0.2) is 23.4 Å². The van der Waals surface area contributed by atoms with Crippen LogP contribution in [0.25, 0.3) is 0 Å². The van der Waals surface area contributed by atoms with E-state index < -0.39 is 28.0 Å². The van der Waals surface area contributed by atoms with Crippen LogP contribution < -0.4 is 15.2 Å². The van der Waals surface area contributed by atoms with Crippen LogP contribution in [0.4, 0.5) is 14.9 Å². The number of nitrogens with one attached hydrogen (secondary N) is 2. The van der Waals surface area contributed by atoms with Gasteiger partial charge in [-0.2, -0.15) is 8.42 Å². The monoisotopic (exact) mass is 320 g/mol. The molecule has 0 spiro atoms. The summed E-state index contributed by atoms with van der Waals surface area (Å²) in [5.41, 5.74) is 4.92. The third-order valence-electron chi connectivity index (χ3n) is 2.10. The summed E-state index contributed by atoms with van der Waals surface area (Å²) in [6.45, 7) is 1.48. The molecule has 5 N–H and O–H groups in total. The molecule has 0 heterocycles. The molecule has 0 fully saturated rings. The second-order valence-electron chi connectivity index (χ2n) is 3.60. The molecule has 1 rings (SSSR count). The van der Waals surface area contributed by atoms with Crippen molar-refractivity contribution >= 4 is 27.8 Å². The second kappa shape index (κ2) is 6.74. The molecule has 0 atom stereocenters. The largest absolute Gasteiger partial charge is 0.449 e. The SMILES string of the molecule is CCOC(=O)NS(=O)(=O)Nc1ccc(F)cc1/C(N)=N/O. The number of anilines is 1. The van der Waals surface area contributed by atoms with E-state index >= 15 is 0 Å². The summed E-state index contributed by atoms with van der Waals surface area (Å²) in [6, 6.07) is 2.86. The molecule has 1 amide bonds. The van der Waals surface area contributed by atoms with Gasteiger partial charge in [0.15, 0.2) is 5.84 Å². The Bertz CT molecular complexity index is 661. The van der Waals surface area contributed by atoms with Crippen LogP contribution in [0, 0.1) is 5.82 Å². The van der Waals surface area contributed by atoms with Crippen LogP contribution in [0.1, 0.15) is 12.5 Å². The Kier molecular flexibility index (Phi) is 5.30. The minimum absolute atomic E-state index is 0.0206. The highest BCUT2D eigenvalue weighted by Gasteiger charge is 2.18. The van der Waals surface area contributed by atoms with E-state index in [1.165, 1.54) is 6.92 Å². The predicted molar refractivity (Wildman–Crippen MR) is 71.6 cm³/mol. The fraction of sp³-hybridized carbons (Fsp3) is 0.200. The average Bonchev–Trinajstić information content (AvgIpc) is 2.39. The standard InChI is InChI=1S/C10H13FN4O5S/c1-2-20-10(16)15-21(18,19)14-8-4-3-6(11)5-7(8)9(12)13-17/h3-5,14,17H,2H2,1H3,(H2,12,13)(H,15,16). The van der Waals surface area contributed by atoms with Crippen molar-refractivity contribution < 1.29 is 27.5 Å². The Balaban J connectivity index is 3.05. The van der Waals surface area contributed by atoms with Crippen molar-refractivity contribution in [2.75, 3.05) is 11.3 Å². The number of hydrogen-bond acceptors (Lipinski definition) is 6. The van der Waals surface area contributed by atoms with Gasteiger partial charge >= 0.3 is 16.3 Å². The summed E-state index contributed by atoms with van der Waals surface area (Å²) < 4.78 is 44.4. The zero-order chi connectivity index (χ0) is 16.0. The lowest BCUT2D eigenvalue weighted by molar-refractivity contribution is 0.159. The van der Waals surface area contributed by atoms with Gasteiger partial charge in [0.25, 0.3) is 0 Å². The van der Waals surface area contributed by atoms with Crippen molar-refractivity contribution in [3.05, 3.63) is 29.6 Å².